The summed E-state index contributed by atoms with van der Waals surface area (Å²) in [4.78, 5) is 3.08. The van der Waals surface area contributed by atoms with E-state index >= 15 is 0 Å². The fourth-order valence-electron chi connectivity index (χ4n) is 1.66. The summed E-state index contributed by atoms with van der Waals surface area (Å²) < 4.78 is 0. The van der Waals surface area contributed by atoms with Gasteiger partial charge in [-0.15, -0.1) is 0 Å². The summed E-state index contributed by atoms with van der Waals surface area (Å²) in [6, 6.07) is 0.641. The van der Waals surface area contributed by atoms with Crippen LogP contribution in [0, 0.1) is 5.92 Å². The summed E-state index contributed by atoms with van der Waals surface area (Å²) in [6.45, 7) is 10.9. The van der Waals surface area contributed by atoms with Crippen molar-refractivity contribution in [2.45, 2.75) is 46.6 Å². The van der Waals surface area contributed by atoms with Gasteiger partial charge in [0.15, 0.2) is 0 Å². The lowest BCUT2D eigenvalue weighted by Gasteiger charge is -2.29. The van der Waals surface area contributed by atoms with E-state index in [-0.39, 0.29) is 0 Å². The average Bonchev–Trinajstić information content (AvgIpc) is 2.13. The highest BCUT2D eigenvalue weighted by Gasteiger charge is 2.15. The van der Waals surface area contributed by atoms with Crippen LogP contribution >= 0.6 is 12.2 Å². The fourth-order valence-corrected chi connectivity index (χ4v) is 1.74. The molecule has 0 aliphatic rings. The quantitative estimate of drug-likeness (QED) is 0.663. The average molecular weight is 216 g/mol. The van der Waals surface area contributed by atoms with Gasteiger partial charge in [0.1, 0.15) is 0 Å². The van der Waals surface area contributed by atoms with E-state index in [1.54, 1.807) is 0 Å². The van der Waals surface area contributed by atoms with Crippen LogP contribution in [-0.4, -0.2) is 29.0 Å². The molecule has 2 nitrogen and oxygen atoms in total. The Morgan fingerprint density at radius 3 is 2.29 bits per heavy atom. The Kier molecular flexibility index (Phi) is 7.11. The predicted molar refractivity (Wildman–Crippen MR) is 67.6 cm³/mol. The van der Waals surface area contributed by atoms with Crippen molar-refractivity contribution in [2.24, 2.45) is 11.7 Å². The molecule has 0 spiro atoms. The molecule has 0 saturated heterocycles. The predicted octanol–water partition coefficient (Wildman–Crippen LogP) is 2.42. The second kappa shape index (κ2) is 7.18. The van der Waals surface area contributed by atoms with E-state index in [0.29, 0.717) is 16.9 Å². The van der Waals surface area contributed by atoms with Crippen molar-refractivity contribution < 1.29 is 0 Å². The zero-order chi connectivity index (χ0) is 11.1. The number of thiocarbonyl (C=S) groups is 1. The summed E-state index contributed by atoms with van der Waals surface area (Å²) in [5, 5.41) is 0. The minimum absolute atomic E-state index is 0.323. The molecule has 0 radical (unpaired) electrons. The molecule has 0 bridgehead atoms. The van der Waals surface area contributed by atoms with Crippen molar-refractivity contribution in [1.82, 2.24) is 4.90 Å². The molecule has 2 N–H and O–H groups in total. The van der Waals surface area contributed by atoms with E-state index in [1.807, 2.05) is 0 Å². The number of hydrogen-bond acceptors (Lipinski definition) is 2. The molecule has 3 heteroatoms. The highest BCUT2D eigenvalue weighted by Crippen LogP contribution is 2.09. The first-order valence-corrected chi connectivity index (χ1v) is 5.97. The maximum Gasteiger partial charge on any atom is 0.0768 e. The van der Waals surface area contributed by atoms with Gasteiger partial charge in [-0.05, 0) is 19.9 Å². The van der Waals surface area contributed by atoms with Gasteiger partial charge in [0, 0.05) is 18.5 Å². The number of rotatable bonds is 7. The van der Waals surface area contributed by atoms with Gasteiger partial charge in [-0.25, -0.2) is 0 Å². The Labute approximate surface area is 93.8 Å². The van der Waals surface area contributed by atoms with E-state index in [9.17, 15) is 0 Å². The molecular formula is C11H24N2S. The monoisotopic (exact) mass is 216 g/mol. The van der Waals surface area contributed by atoms with E-state index in [0.717, 1.165) is 13.1 Å². The molecule has 0 heterocycles. The molecule has 0 aliphatic heterocycles. The van der Waals surface area contributed by atoms with Gasteiger partial charge in [0.2, 0.25) is 0 Å². The van der Waals surface area contributed by atoms with E-state index in [4.69, 9.17) is 18.0 Å². The smallest absolute Gasteiger partial charge is 0.0768 e. The van der Waals surface area contributed by atoms with Crippen LogP contribution in [0.2, 0.25) is 0 Å². The third kappa shape index (κ3) is 4.91. The van der Waals surface area contributed by atoms with Crippen molar-refractivity contribution in [3.8, 4) is 0 Å². The SMILES string of the molecule is CCCC(C)N(CC)CC(C)C(N)=S. The molecule has 84 valence electrons. The normalized spacial score (nSPS) is 15.5. The second-order valence-electron chi connectivity index (χ2n) is 4.03. The van der Waals surface area contributed by atoms with Gasteiger partial charge in [-0.1, -0.05) is 39.4 Å². The fraction of sp³-hybridized carbons (Fsp3) is 0.909. The van der Waals surface area contributed by atoms with Crippen LogP contribution in [0.1, 0.15) is 40.5 Å². The largest absolute Gasteiger partial charge is 0.393 e. The molecule has 0 fully saturated rings. The van der Waals surface area contributed by atoms with Crippen LogP contribution in [-0.2, 0) is 0 Å². The van der Waals surface area contributed by atoms with Crippen molar-refractivity contribution in [2.75, 3.05) is 13.1 Å². The van der Waals surface area contributed by atoms with Gasteiger partial charge in [0.05, 0.1) is 4.99 Å². The van der Waals surface area contributed by atoms with Crippen molar-refractivity contribution in [1.29, 1.82) is 0 Å². The lowest BCUT2D eigenvalue weighted by Crippen LogP contribution is -2.39. The molecule has 0 aliphatic carbocycles. The highest BCUT2D eigenvalue weighted by molar-refractivity contribution is 7.80. The molecule has 0 aromatic heterocycles. The van der Waals surface area contributed by atoms with Crippen LogP contribution in [0.25, 0.3) is 0 Å². The van der Waals surface area contributed by atoms with Gasteiger partial charge >= 0.3 is 0 Å². The zero-order valence-corrected chi connectivity index (χ0v) is 10.7. The van der Waals surface area contributed by atoms with Crippen molar-refractivity contribution in [3.63, 3.8) is 0 Å². The third-order valence-corrected chi connectivity index (χ3v) is 3.13. The van der Waals surface area contributed by atoms with Crippen LogP contribution in [0.15, 0.2) is 0 Å². The Balaban J connectivity index is 4.07. The maximum atomic E-state index is 5.62. The lowest BCUT2D eigenvalue weighted by molar-refractivity contribution is 0.197. The number of hydrogen-bond donors (Lipinski definition) is 1. The topological polar surface area (TPSA) is 29.3 Å². The maximum absolute atomic E-state index is 5.62. The molecule has 0 aromatic rings. The first-order valence-electron chi connectivity index (χ1n) is 5.56. The Morgan fingerprint density at radius 1 is 1.36 bits per heavy atom. The zero-order valence-electron chi connectivity index (χ0n) is 9.92. The number of nitrogens with two attached hydrogens (primary N) is 1. The minimum atomic E-state index is 0.323. The summed E-state index contributed by atoms with van der Waals surface area (Å²) in [6.07, 6.45) is 2.48. The van der Waals surface area contributed by atoms with Gasteiger partial charge in [0.25, 0.3) is 0 Å². The first-order chi connectivity index (χ1) is 6.52. The highest BCUT2D eigenvalue weighted by atomic mass is 32.1. The standard InChI is InChI=1S/C11H24N2S/c1-5-7-10(4)13(6-2)8-9(3)11(12)14/h9-10H,5-8H2,1-4H3,(H2,12,14). The molecule has 0 saturated carbocycles. The van der Waals surface area contributed by atoms with Gasteiger partial charge in [-0.3, -0.25) is 0 Å². The van der Waals surface area contributed by atoms with Crippen LogP contribution in [0.4, 0.5) is 0 Å². The van der Waals surface area contributed by atoms with Crippen molar-refractivity contribution in [3.05, 3.63) is 0 Å². The summed E-state index contributed by atoms with van der Waals surface area (Å²) >= 11 is 4.99. The van der Waals surface area contributed by atoms with Gasteiger partial charge in [-0.2, -0.15) is 0 Å². The minimum Gasteiger partial charge on any atom is -0.393 e. The molecule has 0 aromatic carbocycles. The van der Waals surface area contributed by atoms with Gasteiger partial charge < -0.3 is 10.6 Å². The molecule has 0 rings (SSSR count). The Hall–Kier alpha value is -0.150. The van der Waals surface area contributed by atoms with E-state index in [1.165, 1.54) is 12.8 Å². The first kappa shape index (κ1) is 13.8. The number of nitrogens with zero attached hydrogens (tertiary/aromatic N) is 1. The summed E-state index contributed by atoms with van der Waals surface area (Å²) in [5.74, 6) is 0.323. The van der Waals surface area contributed by atoms with E-state index in [2.05, 4.69) is 32.6 Å². The molecule has 0 amide bonds. The van der Waals surface area contributed by atoms with Crippen molar-refractivity contribution >= 4 is 17.2 Å². The Bertz CT molecular complexity index is 171. The van der Waals surface area contributed by atoms with Crippen LogP contribution in [0.5, 0.6) is 0 Å². The van der Waals surface area contributed by atoms with Crippen LogP contribution < -0.4 is 5.73 Å². The molecule has 14 heavy (non-hydrogen) atoms. The molecule has 2 atom stereocenters. The summed E-state index contributed by atoms with van der Waals surface area (Å²) in [5.41, 5.74) is 5.62. The lowest BCUT2D eigenvalue weighted by atomic mass is 10.1. The Morgan fingerprint density at radius 2 is 1.93 bits per heavy atom. The molecule has 2 unspecified atom stereocenters. The summed E-state index contributed by atoms with van der Waals surface area (Å²) in [7, 11) is 0. The molecular weight excluding hydrogens is 192 g/mol. The third-order valence-electron chi connectivity index (χ3n) is 2.73. The second-order valence-corrected chi connectivity index (χ2v) is 4.50. The van der Waals surface area contributed by atoms with E-state index < -0.39 is 0 Å². The van der Waals surface area contributed by atoms with Crippen LogP contribution in [0.3, 0.4) is 0 Å².